The number of esters is 1. The zero-order chi connectivity index (χ0) is 55.7. The van der Waals surface area contributed by atoms with Crippen LogP contribution in [0.15, 0.2) is 24.3 Å². The van der Waals surface area contributed by atoms with E-state index in [-0.39, 0.29) is 18.5 Å². The Morgan fingerprint density at radius 1 is 0.351 bits per heavy atom. The second-order valence-corrected chi connectivity index (χ2v) is 24.2. The number of carbonyl (C=O) groups is 2. The van der Waals surface area contributed by atoms with Crippen molar-refractivity contribution in [3.05, 3.63) is 24.3 Å². The highest BCUT2D eigenvalue weighted by Crippen LogP contribution is 2.18. The minimum atomic E-state index is -0.662. The molecule has 0 rings (SSSR count). The lowest BCUT2D eigenvalue weighted by Crippen LogP contribution is -2.45. The molecular weight excluding hydrogens is 947 g/mol. The minimum Gasteiger partial charge on any atom is -0.466 e. The summed E-state index contributed by atoms with van der Waals surface area (Å²) in [5.41, 5.74) is 0. The van der Waals surface area contributed by atoms with Gasteiger partial charge in [-0.05, 0) is 77.0 Å². The molecule has 2 unspecified atom stereocenters. The van der Waals surface area contributed by atoms with Crippen LogP contribution in [0.5, 0.6) is 0 Å². The molecule has 0 aliphatic carbocycles. The number of amides is 1. The first-order valence-corrected chi connectivity index (χ1v) is 35.1. The molecule has 3 N–H and O–H groups in total. The van der Waals surface area contributed by atoms with Crippen LogP contribution in [0.2, 0.25) is 0 Å². The van der Waals surface area contributed by atoms with E-state index < -0.39 is 12.1 Å². The van der Waals surface area contributed by atoms with Crippen molar-refractivity contribution < 1.29 is 24.5 Å². The molecule has 6 heteroatoms. The summed E-state index contributed by atoms with van der Waals surface area (Å²) in [5, 5.41) is 23.3. The number of aliphatic hydroxyl groups is 2. The summed E-state index contributed by atoms with van der Waals surface area (Å²) in [6.07, 6.45) is 83.7. The molecule has 2 atom stereocenters. The molecule has 0 spiro atoms. The zero-order valence-corrected chi connectivity index (χ0v) is 52.2. The maximum Gasteiger partial charge on any atom is 0.305 e. The summed E-state index contributed by atoms with van der Waals surface area (Å²) in [6, 6.07) is -0.539. The summed E-state index contributed by atoms with van der Waals surface area (Å²) in [5.74, 6) is -0.0161. The molecule has 0 bridgehead atoms. The molecule has 0 aromatic heterocycles. The second-order valence-electron chi connectivity index (χ2n) is 24.2. The van der Waals surface area contributed by atoms with Crippen LogP contribution in [-0.2, 0) is 14.3 Å². The third kappa shape index (κ3) is 63.4. The molecule has 0 fully saturated rings. The molecule has 0 heterocycles. The fraction of sp³-hybridized carbons (Fsp3) is 0.915. The number of hydrogen-bond donors (Lipinski definition) is 3. The minimum absolute atomic E-state index is 0.0167. The summed E-state index contributed by atoms with van der Waals surface area (Å²) in [7, 11) is 0. The molecule has 0 aliphatic rings. The van der Waals surface area contributed by atoms with Crippen LogP contribution in [0, 0.1) is 0 Å². The molecule has 0 saturated carbocycles. The van der Waals surface area contributed by atoms with Gasteiger partial charge < -0.3 is 20.3 Å². The van der Waals surface area contributed by atoms with Crippen molar-refractivity contribution >= 4 is 11.9 Å². The van der Waals surface area contributed by atoms with E-state index in [2.05, 4.69) is 43.5 Å². The molecular formula is C71H137NO5. The van der Waals surface area contributed by atoms with Crippen LogP contribution >= 0.6 is 0 Å². The normalized spacial score (nSPS) is 12.6. The van der Waals surface area contributed by atoms with Crippen LogP contribution in [0.1, 0.15) is 393 Å². The summed E-state index contributed by atoms with van der Waals surface area (Å²) >= 11 is 0. The van der Waals surface area contributed by atoms with E-state index in [0.717, 1.165) is 38.5 Å². The molecule has 0 radical (unpaired) electrons. The summed E-state index contributed by atoms with van der Waals surface area (Å²) < 4.78 is 5.51. The quantitative estimate of drug-likeness (QED) is 0.0320. The van der Waals surface area contributed by atoms with E-state index in [1.165, 1.54) is 321 Å². The number of hydrogen-bond acceptors (Lipinski definition) is 5. The van der Waals surface area contributed by atoms with Gasteiger partial charge in [-0.25, -0.2) is 0 Å². The molecule has 456 valence electrons. The average Bonchev–Trinajstić information content (AvgIpc) is 3.43. The van der Waals surface area contributed by atoms with E-state index in [4.69, 9.17) is 4.74 Å². The van der Waals surface area contributed by atoms with Crippen molar-refractivity contribution in [1.82, 2.24) is 5.32 Å². The van der Waals surface area contributed by atoms with Gasteiger partial charge in [0.1, 0.15) is 0 Å². The Hall–Kier alpha value is -1.66. The lowest BCUT2D eigenvalue weighted by atomic mass is 10.0. The van der Waals surface area contributed by atoms with Gasteiger partial charge in [-0.15, -0.1) is 0 Å². The number of allylic oxidation sites excluding steroid dienone is 4. The van der Waals surface area contributed by atoms with Gasteiger partial charge in [0.15, 0.2) is 0 Å². The number of nitrogens with one attached hydrogen (secondary N) is 1. The van der Waals surface area contributed by atoms with Gasteiger partial charge in [-0.3, -0.25) is 9.59 Å². The van der Waals surface area contributed by atoms with Crippen LogP contribution in [0.4, 0.5) is 0 Å². The third-order valence-electron chi connectivity index (χ3n) is 16.5. The number of aliphatic hydroxyl groups excluding tert-OH is 2. The molecule has 0 aromatic rings. The highest BCUT2D eigenvalue weighted by Gasteiger charge is 2.20. The third-order valence-corrected chi connectivity index (χ3v) is 16.5. The maximum absolute atomic E-state index is 12.5. The SMILES string of the molecule is CCCCCCCC/C=C\CCCCCCCCCCCC(=O)OCCCCCCCCCCCCCC/C=C\CCCCCCCCCCCCCCCC(=O)NC(CO)C(O)CCCCCCCCCCCCCC. The topological polar surface area (TPSA) is 95.9 Å². The Bertz CT molecular complexity index is 1200. The van der Waals surface area contributed by atoms with Crippen LogP contribution in [-0.4, -0.2) is 47.4 Å². The van der Waals surface area contributed by atoms with Crippen LogP contribution in [0.3, 0.4) is 0 Å². The van der Waals surface area contributed by atoms with Crippen LogP contribution in [0.25, 0.3) is 0 Å². The predicted octanol–water partition coefficient (Wildman–Crippen LogP) is 22.5. The molecule has 0 saturated heterocycles. The second kappa shape index (κ2) is 66.8. The first kappa shape index (κ1) is 75.3. The van der Waals surface area contributed by atoms with E-state index in [1.807, 2.05) is 0 Å². The lowest BCUT2D eigenvalue weighted by molar-refractivity contribution is -0.143. The standard InChI is InChI=1S/C71H137NO5/c1-3-5-7-9-11-13-15-17-18-19-31-35-38-41-45-49-53-57-61-65-71(76)77-66-62-58-54-50-46-42-39-36-33-30-28-26-24-22-20-21-23-25-27-29-32-34-37-40-44-48-52-56-60-64-70(75)72-68(67-73)69(74)63-59-55-51-47-43-16-14-12-10-8-6-4-2/h17-18,20,22,68-69,73-74H,3-16,19,21,23-67H2,1-2H3,(H,72,75)/b18-17-,22-20-. The Labute approximate surface area is 481 Å². The van der Waals surface area contributed by atoms with Crippen molar-refractivity contribution in [3.8, 4) is 0 Å². The Morgan fingerprint density at radius 3 is 0.922 bits per heavy atom. The van der Waals surface area contributed by atoms with Gasteiger partial charge >= 0.3 is 5.97 Å². The summed E-state index contributed by atoms with van der Waals surface area (Å²) in [4.78, 5) is 24.6. The molecule has 77 heavy (non-hydrogen) atoms. The van der Waals surface area contributed by atoms with Gasteiger partial charge in [0.25, 0.3) is 0 Å². The van der Waals surface area contributed by atoms with Crippen molar-refractivity contribution in [1.29, 1.82) is 0 Å². The van der Waals surface area contributed by atoms with E-state index in [9.17, 15) is 19.8 Å². The Kier molecular flexibility index (Phi) is 65.4. The average molecular weight is 1080 g/mol. The fourth-order valence-electron chi connectivity index (χ4n) is 11.1. The van der Waals surface area contributed by atoms with Gasteiger partial charge in [0, 0.05) is 12.8 Å². The fourth-order valence-corrected chi connectivity index (χ4v) is 11.1. The summed E-state index contributed by atoms with van der Waals surface area (Å²) in [6.45, 7) is 4.97. The highest BCUT2D eigenvalue weighted by atomic mass is 16.5. The van der Waals surface area contributed by atoms with Gasteiger partial charge in [0.05, 0.1) is 25.4 Å². The van der Waals surface area contributed by atoms with Crippen LogP contribution < -0.4 is 5.32 Å². The van der Waals surface area contributed by atoms with Gasteiger partial charge in [0.2, 0.25) is 5.91 Å². The number of carbonyl (C=O) groups excluding carboxylic acids is 2. The first-order chi connectivity index (χ1) is 38.0. The van der Waals surface area contributed by atoms with E-state index in [1.54, 1.807) is 0 Å². The first-order valence-electron chi connectivity index (χ1n) is 35.1. The van der Waals surface area contributed by atoms with Crippen molar-refractivity contribution in [2.24, 2.45) is 0 Å². The monoisotopic (exact) mass is 1080 g/mol. The van der Waals surface area contributed by atoms with Crippen molar-refractivity contribution in [2.45, 2.75) is 405 Å². The van der Waals surface area contributed by atoms with Crippen molar-refractivity contribution in [3.63, 3.8) is 0 Å². The lowest BCUT2D eigenvalue weighted by Gasteiger charge is -2.22. The van der Waals surface area contributed by atoms with Gasteiger partial charge in [-0.2, -0.15) is 0 Å². The van der Waals surface area contributed by atoms with E-state index in [0.29, 0.717) is 25.9 Å². The number of ether oxygens (including phenoxy) is 1. The van der Waals surface area contributed by atoms with Crippen molar-refractivity contribution in [2.75, 3.05) is 13.2 Å². The van der Waals surface area contributed by atoms with Gasteiger partial charge in [-0.1, -0.05) is 327 Å². The molecule has 0 aliphatic heterocycles. The zero-order valence-electron chi connectivity index (χ0n) is 52.2. The van der Waals surface area contributed by atoms with E-state index >= 15 is 0 Å². The number of unbranched alkanes of at least 4 members (excludes halogenated alkanes) is 51. The maximum atomic E-state index is 12.5. The highest BCUT2D eigenvalue weighted by molar-refractivity contribution is 5.76. The predicted molar refractivity (Wildman–Crippen MR) is 338 cm³/mol. The Morgan fingerprint density at radius 2 is 0.610 bits per heavy atom. The largest absolute Gasteiger partial charge is 0.466 e. The molecule has 1 amide bonds. The number of rotatable bonds is 66. The smallest absolute Gasteiger partial charge is 0.305 e. The molecule has 0 aromatic carbocycles. The molecule has 6 nitrogen and oxygen atoms in total. The Balaban J connectivity index is 3.34.